The summed E-state index contributed by atoms with van der Waals surface area (Å²) >= 11 is 12.2. The van der Waals surface area contributed by atoms with Crippen molar-refractivity contribution in [3.63, 3.8) is 0 Å². The Bertz CT molecular complexity index is 628. The zero-order valence-corrected chi connectivity index (χ0v) is 13.7. The zero-order chi connectivity index (χ0) is 15.6. The number of amides is 1. The molecule has 0 aliphatic carbocycles. The van der Waals surface area contributed by atoms with Gasteiger partial charge in [0.05, 0.1) is 12.0 Å². The van der Waals surface area contributed by atoms with Gasteiger partial charge >= 0.3 is 5.97 Å². The first-order valence-electron chi connectivity index (χ1n) is 6.04. The lowest BCUT2D eigenvalue weighted by atomic mass is 10.2. The minimum absolute atomic E-state index is 0.294. The van der Waals surface area contributed by atoms with E-state index in [9.17, 15) is 9.59 Å². The van der Waals surface area contributed by atoms with Gasteiger partial charge in [-0.25, -0.2) is 4.79 Å². The van der Waals surface area contributed by atoms with Crippen LogP contribution in [-0.2, 0) is 14.3 Å². The highest BCUT2D eigenvalue weighted by Gasteiger charge is 2.38. The van der Waals surface area contributed by atoms with E-state index in [2.05, 4.69) is 4.74 Å². The summed E-state index contributed by atoms with van der Waals surface area (Å²) in [6.45, 7) is 1.59. The first-order valence-corrected chi connectivity index (χ1v) is 7.64. The second kappa shape index (κ2) is 6.60. The van der Waals surface area contributed by atoms with Crippen LogP contribution in [0.15, 0.2) is 29.2 Å². The molecule has 21 heavy (non-hydrogen) atoms. The number of carbonyl (C=O) groups is 2. The molecule has 1 amide bonds. The topological polar surface area (TPSA) is 46.6 Å². The molecule has 1 fully saturated rings. The molecule has 1 aliphatic heterocycles. The highest BCUT2D eigenvalue weighted by molar-refractivity contribution is 8.26. The summed E-state index contributed by atoms with van der Waals surface area (Å²) in [5.74, 6) is -0.795. The number of nitrogens with zero attached hydrogens (tertiary/aromatic N) is 1. The minimum atomic E-state index is -0.737. The van der Waals surface area contributed by atoms with Crippen molar-refractivity contribution >= 4 is 57.9 Å². The number of methoxy groups -OCH3 is 1. The third kappa shape index (κ3) is 3.45. The average molecular weight is 342 g/mol. The lowest BCUT2D eigenvalue weighted by molar-refractivity contribution is -0.147. The fraction of sp³-hybridized carbons (Fsp3) is 0.214. The van der Waals surface area contributed by atoms with Gasteiger partial charge < -0.3 is 4.74 Å². The van der Waals surface area contributed by atoms with E-state index in [0.29, 0.717) is 14.2 Å². The molecule has 1 aromatic rings. The molecular formula is C14H12ClNO3S2. The fourth-order valence-corrected chi connectivity index (χ4v) is 3.34. The predicted octanol–water partition coefficient (Wildman–Crippen LogP) is 3.10. The molecule has 1 aromatic carbocycles. The number of thiocarbonyl (C=S) groups is 1. The molecule has 110 valence electrons. The van der Waals surface area contributed by atoms with E-state index in [1.165, 1.54) is 23.8 Å². The summed E-state index contributed by atoms with van der Waals surface area (Å²) in [4.78, 5) is 25.7. The normalized spacial score (nSPS) is 18.2. The molecule has 1 unspecified atom stereocenters. The number of hydrogen-bond donors (Lipinski definition) is 0. The second-order valence-electron chi connectivity index (χ2n) is 4.30. The van der Waals surface area contributed by atoms with Crippen LogP contribution in [0.2, 0.25) is 5.02 Å². The summed E-state index contributed by atoms with van der Waals surface area (Å²) in [7, 11) is 1.28. The van der Waals surface area contributed by atoms with E-state index >= 15 is 0 Å². The number of halogens is 1. The summed E-state index contributed by atoms with van der Waals surface area (Å²) in [5, 5.41) is 0.624. The Morgan fingerprint density at radius 1 is 1.43 bits per heavy atom. The Morgan fingerprint density at radius 2 is 2.05 bits per heavy atom. The maximum Gasteiger partial charge on any atom is 0.328 e. The van der Waals surface area contributed by atoms with Crippen molar-refractivity contribution in [2.75, 3.05) is 7.11 Å². The number of esters is 1. The second-order valence-corrected chi connectivity index (χ2v) is 6.41. The number of benzene rings is 1. The molecular weight excluding hydrogens is 330 g/mol. The van der Waals surface area contributed by atoms with Crippen LogP contribution in [0, 0.1) is 0 Å². The number of rotatable bonds is 3. The molecule has 0 radical (unpaired) electrons. The number of carbonyl (C=O) groups excluding carboxylic acids is 2. The fourth-order valence-electron chi connectivity index (χ4n) is 1.80. The Hall–Kier alpha value is -1.37. The maximum absolute atomic E-state index is 12.4. The monoisotopic (exact) mass is 341 g/mol. The average Bonchev–Trinajstić information content (AvgIpc) is 2.74. The van der Waals surface area contributed by atoms with Gasteiger partial charge in [0.2, 0.25) is 0 Å². The number of ether oxygens (including phenoxy) is 1. The Balaban J connectivity index is 2.25. The summed E-state index contributed by atoms with van der Waals surface area (Å²) < 4.78 is 5.00. The summed E-state index contributed by atoms with van der Waals surface area (Å²) in [6, 6.07) is 6.35. The molecule has 1 heterocycles. The van der Waals surface area contributed by atoms with Crippen LogP contribution in [0.25, 0.3) is 6.08 Å². The van der Waals surface area contributed by atoms with Crippen molar-refractivity contribution in [2.45, 2.75) is 13.0 Å². The van der Waals surface area contributed by atoms with Gasteiger partial charge in [-0.3, -0.25) is 9.69 Å². The summed E-state index contributed by atoms with van der Waals surface area (Å²) in [5.41, 5.74) is 0.839. The van der Waals surface area contributed by atoms with E-state index in [1.807, 2.05) is 0 Å². The van der Waals surface area contributed by atoms with Crippen molar-refractivity contribution in [1.82, 2.24) is 4.90 Å². The molecule has 1 saturated heterocycles. The molecule has 0 aromatic heterocycles. The maximum atomic E-state index is 12.4. The van der Waals surface area contributed by atoms with Crippen LogP contribution >= 0.6 is 35.6 Å². The molecule has 0 N–H and O–H groups in total. The zero-order valence-electron chi connectivity index (χ0n) is 11.3. The van der Waals surface area contributed by atoms with Gasteiger partial charge in [0.15, 0.2) is 0 Å². The third-order valence-corrected chi connectivity index (χ3v) is 4.50. The third-order valence-electron chi connectivity index (χ3n) is 2.92. The van der Waals surface area contributed by atoms with Crippen molar-refractivity contribution in [3.8, 4) is 0 Å². The first kappa shape index (κ1) is 16.0. The molecule has 0 spiro atoms. The van der Waals surface area contributed by atoms with Crippen molar-refractivity contribution in [1.29, 1.82) is 0 Å². The molecule has 1 atom stereocenters. The van der Waals surface area contributed by atoms with E-state index in [4.69, 9.17) is 23.8 Å². The number of thioether (sulfide) groups is 1. The van der Waals surface area contributed by atoms with E-state index < -0.39 is 12.0 Å². The van der Waals surface area contributed by atoms with Gasteiger partial charge in [0.1, 0.15) is 10.4 Å². The highest BCUT2D eigenvalue weighted by atomic mass is 35.5. The van der Waals surface area contributed by atoms with E-state index in [1.54, 1.807) is 37.3 Å². The SMILES string of the molecule is COC(=O)C(C)N1C(=O)C(=Cc2ccc(Cl)cc2)SC1=S. The van der Waals surface area contributed by atoms with Crippen LogP contribution < -0.4 is 0 Å². The first-order chi connectivity index (χ1) is 9.93. The van der Waals surface area contributed by atoms with Crippen molar-refractivity contribution in [3.05, 3.63) is 39.8 Å². The van der Waals surface area contributed by atoms with Gasteiger partial charge in [0.25, 0.3) is 5.91 Å². The highest BCUT2D eigenvalue weighted by Crippen LogP contribution is 2.34. The molecule has 0 saturated carbocycles. The molecule has 0 bridgehead atoms. The lowest BCUT2D eigenvalue weighted by Crippen LogP contribution is -2.42. The lowest BCUT2D eigenvalue weighted by Gasteiger charge is -2.20. The smallest absolute Gasteiger partial charge is 0.328 e. The van der Waals surface area contributed by atoms with Gasteiger partial charge in [-0.2, -0.15) is 0 Å². The van der Waals surface area contributed by atoms with Gasteiger partial charge in [0, 0.05) is 5.02 Å². The standard InChI is InChI=1S/C14H12ClNO3S2/c1-8(13(18)19-2)16-12(17)11(21-14(16)20)7-9-3-5-10(15)6-4-9/h3-8H,1-2H3. The van der Waals surface area contributed by atoms with Crippen molar-refractivity contribution < 1.29 is 14.3 Å². The Kier molecular flexibility index (Phi) is 5.03. The molecule has 4 nitrogen and oxygen atoms in total. The van der Waals surface area contributed by atoms with Gasteiger partial charge in [-0.05, 0) is 30.7 Å². The van der Waals surface area contributed by atoms with Crippen molar-refractivity contribution in [2.24, 2.45) is 0 Å². The quantitative estimate of drug-likeness (QED) is 0.480. The Labute approximate surface area is 137 Å². The van der Waals surface area contributed by atoms with E-state index in [0.717, 1.165) is 5.56 Å². The van der Waals surface area contributed by atoms with Crippen LogP contribution in [0.3, 0.4) is 0 Å². The Morgan fingerprint density at radius 3 is 2.62 bits per heavy atom. The molecule has 7 heteroatoms. The molecule has 1 aliphatic rings. The minimum Gasteiger partial charge on any atom is -0.467 e. The summed E-state index contributed by atoms with van der Waals surface area (Å²) in [6.07, 6.45) is 1.72. The van der Waals surface area contributed by atoms with E-state index in [-0.39, 0.29) is 5.91 Å². The molecule has 2 rings (SSSR count). The van der Waals surface area contributed by atoms with Crippen LogP contribution in [0.4, 0.5) is 0 Å². The predicted molar refractivity (Wildman–Crippen MR) is 87.9 cm³/mol. The van der Waals surface area contributed by atoms with Gasteiger partial charge in [-0.1, -0.05) is 47.7 Å². The number of hydrogen-bond acceptors (Lipinski definition) is 5. The largest absolute Gasteiger partial charge is 0.467 e. The van der Waals surface area contributed by atoms with Crippen LogP contribution in [0.5, 0.6) is 0 Å². The van der Waals surface area contributed by atoms with Crippen LogP contribution in [-0.4, -0.2) is 34.2 Å². The van der Waals surface area contributed by atoms with Gasteiger partial charge in [-0.15, -0.1) is 0 Å². The van der Waals surface area contributed by atoms with Crippen LogP contribution in [0.1, 0.15) is 12.5 Å².